The van der Waals surface area contributed by atoms with Crippen LogP contribution in [0.4, 0.5) is 0 Å². The van der Waals surface area contributed by atoms with Crippen molar-refractivity contribution in [2.45, 2.75) is 348 Å². The summed E-state index contributed by atoms with van der Waals surface area (Å²) < 4.78 is 67.9. The summed E-state index contributed by atoms with van der Waals surface area (Å²) in [6.07, 6.45) is 52.6. The predicted octanol–water partition coefficient (Wildman–Crippen LogP) is 19.1. The zero-order valence-corrected chi connectivity index (χ0v) is 57.3. The number of phosphoric ester groups is 2. The highest BCUT2D eigenvalue weighted by Crippen LogP contribution is 2.45. The number of hydrogen-bond acceptors (Lipinski definition) is 15. The van der Waals surface area contributed by atoms with Gasteiger partial charge in [-0.2, -0.15) is 0 Å². The van der Waals surface area contributed by atoms with Gasteiger partial charge < -0.3 is 33.8 Å². The molecular formula is C68H128O17P2. The molecule has 0 saturated carbocycles. The standard InChI is InChI=1S/C68H128O17P2/c1-5-9-13-17-20-23-25-27-29-30-31-33-35-37-40-43-47-51-55-68(73)85-64(59-79-66(71)53-49-45-41-39-36-34-32-28-26-24-21-18-14-10-6-2)61-83-87(76,77)81-57-62(69)56-80-86(74,75)82-60-63(58-78-65(70)52-48-44-16-12-8-4)84-67(72)54-50-46-42-38-22-19-15-11-7-3/h24,26,28,32,62-64,69H,5-23,25,27,29-31,33-61H2,1-4H3,(H,74,75)(H,76,77)/b26-24-,32-28-/t62-,63+,64+/m0/s1. The number of phosphoric acid groups is 2. The molecule has 0 heterocycles. The van der Waals surface area contributed by atoms with Crippen molar-refractivity contribution >= 4 is 39.5 Å². The predicted molar refractivity (Wildman–Crippen MR) is 349 cm³/mol. The molecule has 0 aliphatic carbocycles. The summed E-state index contributed by atoms with van der Waals surface area (Å²) in [6.45, 7) is 4.75. The number of rotatable bonds is 67. The number of carbonyl (C=O) groups is 4. The molecule has 0 bridgehead atoms. The molecule has 19 heteroatoms. The van der Waals surface area contributed by atoms with Crippen molar-refractivity contribution in [1.29, 1.82) is 0 Å². The lowest BCUT2D eigenvalue weighted by Gasteiger charge is -2.21. The molecule has 87 heavy (non-hydrogen) atoms. The highest BCUT2D eigenvalue weighted by Gasteiger charge is 2.30. The van der Waals surface area contributed by atoms with Gasteiger partial charge in [-0.25, -0.2) is 9.13 Å². The highest BCUT2D eigenvalue weighted by molar-refractivity contribution is 7.47. The van der Waals surface area contributed by atoms with E-state index < -0.39 is 97.5 Å². The molecule has 17 nitrogen and oxygen atoms in total. The van der Waals surface area contributed by atoms with Gasteiger partial charge in [0.25, 0.3) is 0 Å². The maximum Gasteiger partial charge on any atom is 0.472 e. The molecular weight excluding hydrogens is 1150 g/mol. The van der Waals surface area contributed by atoms with E-state index in [2.05, 4.69) is 52.0 Å². The maximum atomic E-state index is 13.0. The molecule has 2 unspecified atom stereocenters. The molecule has 0 aromatic carbocycles. The largest absolute Gasteiger partial charge is 0.472 e. The van der Waals surface area contributed by atoms with Gasteiger partial charge in [-0.15, -0.1) is 0 Å². The summed E-state index contributed by atoms with van der Waals surface area (Å²) >= 11 is 0. The lowest BCUT2D eigenvalue weighted by molar-refractivity contribution is -0.161. The first-order valence-corrected chi connectivity index (χ1v) is 38.1. The third-order valence-corrected chi connectivity index (χ3v) is 17.1. The molecule has 0 aliphatic rings. The van der Waals surface area contributed by atoms with Crippen LogP contribution in [0.15, 0.2) is 24.3 Å². The highest BCUT2D eigenvalue weighted by atomic mass is 31.2. The Kier molecular flexibility index (Phi) is 60.6. The smallest absolute Gasteiger partial charge is 0.462 e. The summed E-state index contributed by atoms with van der Waals surface area (Å²) in [5, 5.41) is 10.5. The summed E-state index contributed by atoms with van der Waals surface area (Å²) in [5.74, 6) is -2.17. The number of aliphatic hydroxyl groups is 1. The molecule has 0 aromatic rings. The van der Waals surface area contributed by atoms with Gasteiger partial charge in [0.2, 0.25) is 0 Å². The zero-order chi connectivity index (χ0) is 64.0. The van der Waals surface area contributed by atoms with Crippen molar-refractivity contribution in [2.24, 2.45) is 0 Å². The third kappa shape index (κ3) is 62.1. The molecule has 0 aromatic heterocycles. The second-order valence-corrected chi connectivity index (χ2v) is 26.8. The summed E-state index contributed by atoms with van der Waals surface area (Å²) in [5.41, 5.74) is 0. The van der Waals surface area contributed by atoms with Gasteiger partial charge in [-0.1, -0.05) is 277 Å². The zero-order valence-electron chi connectivity index (χ0n) is 55.5. The normalized spacial score (nSPS) is 14.2. The van der Waals surface area contributed by atoms with Crippen LogP contribution >= 0.6 is 15.6 Å². The molecule has 0 rings (SSSR count). The Hall–Kier alpha value is -2.46. The van der Waals surface area contributed by atoms with E-state index in [0.717, 1.165) is 116 Å². The van der Waals surface area contributed by atoms with Gasteiger partial charge in [0.15, 0.2) is 12.2 Å². The monoisotopic (exact) mass is 1280 g/mol. The lowest BCUT2D eigenvalue weighted by atomic mass is 10.0. The molecule has 0 fully saturated rings. The van der Waals surface area contributed by atoms with Gasteiger partial charge in [0.1, 0.15) is 19.3 Å². The number of ether oxygens (including phenoxy) is 4. The fraction of sp³-hybridized carbons (Fsp3) is 0.882. The van der Waals surface area contributed by atoms with Crippen molar-refractivity contribution < 1.29 is 80.2 Å². The maximum absolute atomic E-state index is 13.0. The van der Waals surface area contributed by atoms with Crippen molar-refractivity contribution in [3.8, 4) is 0 Å². The fourth-order valence-corrected chi connectivity index (χ4v) is 11.4. The average Bonchev–Trinajstić information content (AvgIpc) is 3.70. The molecule has 0 amide bonds. The SMILES string of the molecule is CCCCCC/C=C\C=C/CCCCCCCC(=O)OC[C@H](COP(=O)(O)OC[C@@H](O)COP(=O)(O)OC[C@@H](COC(=O)CCCCCCC)OC(=O)CCCCCCCCCCC)OC(=O)CCCCCCCCCCCCCCCCCCCC. The molecule has 0 aliphatic heterocycles. The minimum Gasteiger partial charge on any atom is -0.462 e. The van der Waals surface area contributed by atoms with Crippen molar-refractivity contribution in [2.75, 3.05) is 39.6 Å². The van der Waals surface area contributed by atoms with Gasteiger partial charge in [0.05, 0.1) is 26.4 Å². The first-order valence-electron chi connectivity index (χ1n) is 35.1. The Morgan fingerprint density at radius 2 is 0.552 bits per heavy atom. The van der Waals surface area contributed by atoms with E-state index in [1.165, 1.54) is 135 Å². The Balaban J connectivity index is 5.18. The van der Waals surface area contributed by atoms with Gasteiger partial charge in [-0.3, -0.25) is 37.3 Å². The topological polar surface area (TPSA) is 237 Å². The van der Waals surface area contributed by atoms with Crippen LogP contribution in [0.2, 0.25) is 0 Å². The second-order valence-electron chi connectivity index (χ2n) is 23.9. The number of hydrogen-bond donors (Lipinski definition) is 3. The molecule has 0 saturated heterocycles. The first-order chi connectivity index (χ1) is 42.2. The number of unbranched alkanes of at least 4 members (excludes halogenated alkanes) is 38. The first kappa shape index (κ1) is 84.5. The van der Waals surface area contributed by atoms with E-state index in [1.54, 1.807) is 0 Å². The van der Waals surface area contributed by atoms with Crippen LogP contribution in [-0.2, 0) is 65.4 Å². The van der Waals surface area contributed by atoms with E-state index in [9.17, 15) is 43.2 Å². The van der Waals surface area contributed by atoms with E-state index in [-0.39, 0.29) is 25.7 Å². The lowest BCUT2D eigenvalue weighted by Crippen LogP contribution is -2.30. The van der Waals surface area contributed by atoms with Gasteiger partial charge in [0, 0.05) is 25.7 Å². The van der Waals surface area contributed by atoms with E-state index in [4.69, 9.17) is 37.0 Å². The molecule has 0 spiro atoms. The summed E-state index contributed by atoms with van der Waals surface area (Å²) in [4.78, 5) is 72.1. The van der Waals surface area contributed by atoms with Crippen molar-refractivity contribution in [3.05, 3.63) is 24.3 Å². The van der Waals surface area contributed by atoms with E-state index >= 15 is 0 Å². The van der Waals surface area contributed by atoms with Crippen LogP contribution in [-0.4, -0.2) is 96.7 Å². The minimum absolute atomic E-state index is 0.102. The molecule has 5 atom stereocenters. The average molecular weight is 1280 g/mol. The number of carbonyl (C=O) groups excluding carboxylic acids is 4. The Morgan fingerprint density at radius 1 is 0.322 bits per heavy atom. The van der Waals surface area contributed by atoms with E-state index in [1.807, 2.05) is 0 Å². The van der Waals surface area contributed by atoms with Gasteiger partial charge >= 0.3 is 39.5 Å². The van der Waals surface area contributed by atoms with Crippen LogP contribution in [0.5, 0.6) is 0 Å². The quantitative estimate of drug-likeness (QED) is 0.0169. The third-order valence-electron chi connectivity index (χ3n) is 15.2. The van der Waals surface area contributed by atoms with Crippen LogP contribution in [0.1, 0.15) is 329 Å². The second kappa shape index (κ2) is 62.4. The minimum atomic E-state index is -4.95. The molecule has 512 valence electrons. The Labute approximate surface area is 529 Å². The number of aliphatic hydroxyl groups excluding tert-OH is 1. The molecule has 0 radical (unpaired) electrons. The summed E-state index contributed by atoms with van der Waals surface area (Å²) in [7, 11) is -9.89. The molecule has 3 N–H and O–H groups in total. The Bertz CT molecular complexity index is 1760. The van der Waals surface area contributed by atoms with Crippen LogP contribution in [0.25, 0.3) is 0 Å². The Morgan fingerprint density at radius 3 is 0.839 bits per heavy atom. The van der Waals surface area contributed by atoms with Crippen molar-refractivity contribution in [3.63, 3.8) is 0 Å². The van der Waals surface area contributed by atoms with Crippen LogP contribution in [0.3, 0.4) is 0 Å². The van der Waals surface area contributed by atoms with Crippen LogP contribution in [0, 0.1) is 0 Å². The van der Waals surface area contributed by atoms with Crippen molar-refractivity contribution in [1.82, 2.24) is 0 Å². The number of esters is 4. The van der Waals surface area contributed by atoms with E-state index in [0.29, 0.717) is 25.7 Å². The summed E-state index contributed by atoms with van der Waals surface area (Å²) in [6, 6.07) is 0. The number of allylic oxidation sites excluding steroid dienone is 4. The fourth-order valence-electron chi connectivity index (χ4n) is 9.80. The van der Waals surface area contributed by atoms with Crippen LogP contribution < -0.4 is 0 Å². The van der Waals surface area contributed by atoms with Gasteiger partial charge in [-0.05, 0) is 51.4 Å².